The van der Waals surface area contributed by atoms with E-state index in [1.54, 1.807) is 35.5 Å². The third kappa shape index (κ3) is 4.66. The predicted octanol–water partition coefficient (Wildman–Crippen LogP) is 3.15. The number of para-hydroxylation sites is 1. The largest absolute Gasteiger partial charge is 0.366 e. The third-order valence-electron chi connectivity index (χ3n) is 6.12. The van der Waals surface area contributed by atoms with E-state index in [-0.39, 0.29) is 24.0 Å². The van der Waals surface area contributed by atoms with Crippen LogP contribution in [0, 0.1) is 19.7 Å². The van der Waals surface area contributed by atoms with Crippen LogP contribution in [0.1, 0.15) is 11.1 Å². The summed E-state index contributed by atoms with van der Waals surface area (Å²) in [7, 11) is 0. The van der Waals surface area contributed by atoms with Crippen molar-refractivity contribution in [3.8, 4) is 0 Å². The van der Waals surface area contributed by atoms with Gasteiger partial charge in [-0.3, -0.25) is 4.79 Å². The van der Waals surface area contributed by atoms with Gasteiger partial charge in [0.05, 0.1) is 5.69 Å². The van der Waals surface area contributed by atoms with E-state index in [1.807, 2.05) is 30.9 Å². The Hall–Kier alpha value is -3.66. The van der Waals surface area contributed by atoms with Crippen molar-refractivity contribution in [1.29, 1.82) is 0 Å². The van der Waals surface area contributed by atoms with Gasteiger partial charge in [0.25, 0.3) is 0 Å². The second-order valence-electron chi connectivity index (χ2n) is 8.56. The van der Waals surface area contributed by atoms with Crippen LogP contribution < -0.4 is 10.6 Å². The van der Waals surface area contributed by atoms with Crippen LogP contribution in [0.3, 0.4) is 0 Å². The van der Waals surface area contributed by atoms with Crippen LogP contribution >= 0.6 is 11.8 Å². The average molecular weight is 493 g/mol. The van der Waals surface area contributed by atoms with Gasteiger partial charge in [0, 0.05) is 43.5 Å². The molecule has 0 saturated carbocycles. The molecule has 0 radical (unpaired) electrons. The van der Waals surface area contributed by atoms with Crippen LogP contribution in [-0.2, 0) is 11.3 Å². The molecule has 1 saturated heterocycles. The maximum absolute atomic E-state index is 14.1. The number of carbonyl (C=O) groups is 1. The van der Waals surface area contributed by atoms with E-state index in [2.05, 4.69) is 16.1 Å². The molecular weight excluding hydrogens is 467 g/mol. The van der Waals surface area contributed by atoms with E-state index < -0.39 is 0 Å². The Morgan fingerprint density at radius 3 is 2.60 bits per heavy atom. The molecular formula is C25H25FN6O2S. The molecule has 1 amide bonds. The second-order valence-corrected chi connectivity index (χ2v) is 9.59. The first kappa shape index (κ1) is 23.1. The minimum absolute atomic E-state index is 0.159. The SMILES string of the molecule is Cc1ccc(Sc2nccn3c(=O)n(CC(=O)N4CCN(c5ccccc5F)CC4)nc23)c(C)c1. The maximum atomic E-state index is 14.1. The molecule has 0 atom stereocenters. The molecule has 0 aliphatic carbocycles. The number of carbonyl (C=O) groups excluding carboxylic acids is 1. The number of nitrogens with zero attached hydrogens (tertiary/aromatic N) is 6. The summed E-state index contributed by atoms with van der Waals surface area (Å²) in [6.45, 7) is 5.85. The van der Waals surface area contributed by atoms with Crippen molar-refractivity contribution in [3.05, 3.63) is 82.3 Å². The van der Waals surface area contributed by atoms with Crippen molar-refractivity contribution >= 4 is 29.0 Å². The number of halogens is 1. The smallest absolute Gasteiger partial charge is 0.350 e. The Morgan fingerprint density at radius 2 is 1.86 bits per heavy atom. The number of fused-ring (bicyclic) bond motifs is 1. The number of aromatic nitrogens is 4. The summed E-state index contributed by atoms with van der Waals surface area (Å²) in [6, 6.07) is 12.8. The topological polar surface area (TPSA) is 75.7 Å². The van der Waals surface area contributed by atoms with Gasteiger partial charge < -0.3 is 9.80 Å². The predicted molar refractivity (Wildman–Crippen MR) is 132 cm³/mol. The van der Waals surface area contributed by atoms with Crippen molar-refractivity contribution in [2.24, 2.45) is 0 Å². The van der Waals surface area contributed by atoms with Crippen LogP contribution in [0.5, 0.6) is 0 Å². The minimum atomic E-state index is -0.386. The van der Waals surface area contributed by atoms with Crippen LogP contribution in [0.2, 0.25) is 0 Å². The number of rotatable bonds is 5. The zero-order chi connectivity index (χ0) is 24.5. The van der Waals surface area contributed by atoms with Gasteiger partial charge in [-0.15, -0.1) is 5.10 Å². The van der Waals surface area contributed by atoms with Gasteiger partial charge >= 0.3 is 5.69 Å². The van der Waals surface area contributed by atoms with Gasteiger partial charge in [-0.25, -0.2) is 23.3 Å². The number of benzene rings is 2. The molecule has 0 spiro atoms. The normalized spacial score (nSPS) is 14.0. The molecule has 180 valence electrons. The molecule has 5 rings (SSSR count). The number of piperazine rings is 1. The van der Waals surface area contributed by atoms with E-state index >= 15 is 0 Å². The fourth-order valence-corrected chi connectivity index (χ4v) is 5.16. The number of anilines is 1. The molecule has 3 heterocycles. The molecule has 35 heavy (non-hydrogen) atoms. The highest BCUT2D eigenvalue weighted by atomic mass is 32.2. The Morgan fingerprint density at radius 1 is 1.09 bits per heavy atom. The third-order valence-corrected chi connectivity index (χ3v) is 7.28. The van der Waals surface area contributed by atoms with Crippen molar-refractivity contribution < 1.29 is 9.18 Å². The van der Waals surface area contributed by atoms with Crippen LogP contribution in [0.4, 0.5) is 10.1 Å². The molecule has 0 unspecified atom stereocenters. The Labute approximate surface area is 206 Å². The molecule has 8 nitrogen and oxygen atoms in total. The lowest BCUT2D eigenvalue weighted by Crippen LogP contribution is -2.50. The fraction of sp³-hybridized carbons (Fsp3) is 0.280. The summed E-state index contributed by atoms with van der Waals surface area (Å²) in [6.07, 6.45) is 3.13. The average Bonchev–Trinajstić information content (AvgIpc) is 3.17. The van der Waals surface area contributed by atoms with Crippen molar-refractivity contribution in [3.63, 3.8) is 0 Å². The zero-order valence-corrected chi connectivity index (χ0v) is 20.3. The highest BCUT2D eigenvalue weighted by molar-refractivity contribution is 7.99. The summed E-state index contributed by atoms with van der Waals surface area (Å²) < 4.78 is 16.7. The van der Waals surface area contributed by atoms with Crippen molar-refractivity contribution in [2.75, 3.05) is 31.1 Å². The van der Waals surface area contributed by atoms with Gasteiger partial charge in [-0.2, -0.15) is 0 Å². The molecule has 0 bridgehead atoms. The molecule has 10 heteroatoms. The highest BCUT2D eigenvalue weighted by Crippen LogP contribution is 2.31. The van der Waals surface area contributed by atoms with Crippen LogP contribution in [-0.4, -0.2) is 56.2 Å². The van der Waals surface area contributed by atoms with Crippen LogP contribution in [0.15, 0.2) is 69.6 Å². The molecule has 1 aliphatic heterocycles. The molecule has 4 aromatic rings. The quantitative estimate of drug-likeness (QED) is 0.426. The van der Waals surface area contributed by atoms with Crippen molar-refractivity contribution in [2.45, 2.75) is 30.3 Å². The zero-order valence-electron chi connectivity index (χ0n) is 19.5. The lowest BCUT2D eigenvalue weighted by atomic mass is 10.2. The summed E-state index contributed by atoms with van der Waals surface area (Å²) in [5.41, 5.74) is 2.86. The first-order valence-corrected chi connectivity index (χ1v) is 12.2. The summed E-state index contributed by atoms with van der Waals surface area (Å²) >= 11 is 1.44. The molecule has 2 aromatic heterocycles. The van der Waals surface area contributed by atoms with E-state index in [1.165, 1.54) is 32.5 Å². The van der Waals surface area contributed by atoms with Gasteiger partial charge in [0.15, 0.2) is 5.65 Å². The first-order valence-electron chi connectivity index (χ1n) is 11.4. The Balaban J connectivity index is 1.31. The summed E-state index contributed by atoms with van der Waals surface area (Å²) in [5.74, 6) is -0.466. The number of aryl methyl sites for hydroxylation is 2. The molecule has 0 N–H and O–H groups in total. The van der Waals surface area contributed by atoms with Crippen LogP contribution in [0.25, 0.3) is 5.65 Å². The fourth-order valence-electron chi connectivity index (χ4n) is 4.25. The number of hydrogen-bond donors (Lipinski definition) is 0. The molecule has 1 fully saturated rings. The summed E-state index contributed by atoms with van der Waals surface area (Å²) in [5, 5.41) is 5.04. The van der Waals surface area contributed by atoms with Crippen molar-refractivity contribution in [1.82, 2.24) is 24.1 Å². The van der Waals surface area contributed by atoms with Gasteiger partial charge in [-0.05, 0) is 37.6 Å². The molecule has 2 aromatic carbocycles. The number of amides is 1. The minimum Gasteiger partial charge on any atom is -0.366 e. The van der Waals surface area contributed by atoms with E-state index in [4.69, 9.17) is 0 Å². The lowest BCUT2D eigenvalue weighted by molar-refractivity contribution is -0.132. The van der Waals surface area contributed by atoms with Gasteiger partial charge in [-0.1, -0.05) is 41.6 Å². The van der Waals surface area contributed by atoms with E-state index in [9.17, 15) is 14.0 Å². The maximum Gasteiger partial charge on any atom is 0.350 e. The monoisotopic (exact) mass is 492 g/mol. The standard InChI is InChI=1S/C25H25FN6O2S/c1-17-7-8-21(18(2)15-17)35-24-23-28-32(25(34)31(23)10-9-27-24)16-22(33)30-13-11-29(12-14-30)20-6-4-3-5-19(20)26/h3-10,15H,11-14,16H2,1-2H3. The lowest BCUT2D eigenvalue weighted by Gasteiger charge is -2.36. The van der Waals surface area contributed by atoms with Gasteiger partial charge in [0.2, 0.25) is 5.91 Å². The Kier molecular flexibility index (Phi) is 6.29. The Bertz CT molecular complexity index is 1460. The van der Waals surface area contributed by atoms with Gasteiger partial charge in [0.1, 0.15) is 17.4 Å². The molecule has 1 aliphatic rings. The first-order chi connectivity index (χ1) is 16.9. The highest BCUT2D eigenvalue weighted by Gasteiger charge is 2.24. The van der Waals surface area contributed by atoms with E-state index in [0.717, 1.165) is 10.5 Å². The van der Waals surface area contributed by atoms with E-state index in [0.29, 0.717) is 42.5 Å². The number of hydrogen-bond acceptors (Lipinski definition) is 6. The summed E-state index contributed by atoms with van der Waals surface area (Å²) in [4.78, 5) is 35.0. The second kappa shape index (κ2) is 9.53.